The molecule has 0 aliphatic carbocycles. The van der Waals surface area contributed by atoms with E-state index in [2.05, 4.69) is 5.32 Å². The first-order valence-electron chi connectivity index (χ1n) is 11.3. The second-order valence-electron chi connectivity index (χ2n) is 8.41. The van der Waals surface area contributed by atoms with Gasteiger partial charge >= 0.3 is 0 Å². The highest BCUT2D eigenvalue weighted by Gasteiger charge is 2.42. The number of hydrogen-bond donors (Lipinski definition) is 1. The van der Waals surface area contributed by atoms with E-state index in [4.69, 9.17) is 23.4 Å². The van der Waals surface area contributed by atoms with Crippen molar-refractivity contribution >= 4 is 11.8 Å². The van der Waals surface area contributed by atoms with Gasteiger partial charge in [-0.3, -0.25) is 9.59 Å². The van der Waals surface area contributed by atoms with Crippen LogP contribution < -0.4 is 24.3 Å². The molecule has 3 aromatic rings. The molecular weight excluding hydrogens is 452 g/mol. The zero-order valence-electron chi connectivity index (χ0n) is 19.5. The number of amides is 2. The third kappa shape index (κ3) is 4.49. The largest absolute Gasteiger partial charge is 0.497 e. The molecule has 2 aliphatic heterocycles. The SMILES string of the molecule is COc1ccc([C@@H]2CN(C(=O)c3ccco3)C[C@H]2C(=O)NCc2ccc3c(c2)OCO3)c(OC)c1. The Morgan fingerprint density at radius 3 is 2.66 bits per heavy atom. The van der Waals surface area contributed by atoms with Crippen LogP contribution in [0.5, 0.6) is 23.0 Å². The number of nitrogens with one attached hydrogen (secondary N) is 1. The van der Waals surface area contributed by atoms with Crippen LogP contribution in [-0.4, -0.2) is 50.8 Å². The van der Waals surface area contributed by atoms with Crippen LogP contribution in [0.3, 0.4) is 0 Å². The predicted molar refractivity (Wildman–Crippen MR) is 125 cm³/mol. The molecule has 1 N–H and O–H groups in total. The Balaban J connectivity index is 1.38. The lowest BCUT2D eigenvalue weighted by Crippen LogP contribution is -2.35. The average Bonchev–Trinajstić information content (AvgIpc) is 3.66. The van der Waals surface area contributed by atoms with Crippen LogP contribution in [0.1, 0.15) is 27.6 Å². The summed E-state index contributed by atoms with van der Waals surface area (Å²) in [6, 6.07) is 14.4. The van der Waals surface area contributed by atoms with Crippen molar-refractivity contribution in [1.29, 1.82) is 0 Å². The molecule has 0 bridgehead atoms. The first-order chi connectivity index (χ1) is 17.1. The molecule has 0 spiro atoms. The average molecular weight is 479 g/mol. The van der Waals surface area contributed by atoms with Gasteiger partial charge in [-0.15, -0.1) is 0 Å². The van der Waals surface area contributed by atoms with Crippen LogP contribution >= 0.6 is 0 Å². The van der Waals surface area contributed by atoms with Crippen molar-refractivity contribution in [2.45, 2.75) is 12.5 Å². The van der Waals surface area contributed by atoms with Gasteiger partial charge in [-0.25, -0.2) is 0 Å². The monoisotopic (exact) mass is 478 g/mol. The number of carbonyl (C=O) groups excluding carboxylic acids is 2. The smallest absolute Gasteiger partial charge is 0.289 e. The Labute approximate surface area is 202 Å². The molecule has 5 rings (SSSR count). The highest BCUT2D eigenvalue weighted by Crippen LogP contribution is 2.40. The van der Waals surface area contributed by atoms with Crippen molar-refractivity contribution in [1.82, 2.24) is 10.2 Å². The Bertz CT molecular complexity index is 1220. The molecule has 2 aliphatic rings. The van der Waals surface area contributed by atoms with Crippen molar-refractivity contribution in [3.8, 4) is 23.0 Å². The van der Waals surface area contributed by atoms with Gasteiger partial charge in [0.1, 0.15) is 11.5 Å². The van der Waals surface area contributed by atoms with Crippen LogP contribution in [0, 0.1) is 5.92 Å². The second kappa shape index (κ2) is 9.61. The number of benzene rings is 2. The van der Waals surface area contributed by atoms with Gasteiger partial charge in [0.25, 0.3) is 5.91 Å². The summed E-state index contributed by atoms with van der Waals surface area (Å²) in [6.45, 7) is 1.12. The summed E-state index contributed by atoms with van der Waals surface area (Å²) in [5.74, 6) is 1.69. The van der Waals surface area contributed by atoms with Gasteiger partial charge in [-0.05, 0) is 35.9 Å². The van der Waals surface area contributed by atoms with Crippen molar-refractivity contribution < 1.29 is 33.0 Å². The molecule has 0 unspecified atom stereocenters. The summed E-state index contributed by atoms with van der Waals surface area (Å²) in [5.41, 5.74) is 1.73. The Hall–Kier alpha value is -4.14. The van der Waals surface area contributed by atoms with E-state index in [0.717, 1.165) is 11.1 Å². The van der Waals surface area contributed by atoms with Crippen molar-refractivity contribution in [2.24, 2.45) is 5.92 Å². The summed E-state index contributed by atoms with van der Waals surface area (Å²) in [7, 11) is 3.16. The Kier molecular flexibility index (Phi) is 6.22. The maximum absolute atomic E-state index is 13.4. The topological polar surface area (TPSA) is 99.5 Å². The molecule has 2 atom stereocenters. The number of nitrogens with zero attached hydrogens (tertiary/aromatic N) is 1. The summed E-state index contributed by atoms with van der Waals surface area (Å²) < 4.78 is 27.0. The number of ether oxygens (including phenoxy) is 4. The minimum atomic E-state index is -0.481. The van der Waals surface area contributed by atoms with Gasteiger partial charge in [0.2, 0.25) is 12.7 Å². The maximum atomic E-state index is 13.4. The number of rotatable bonds is 7. The first-order valence-corrected chi connectivity index (χ1v) is 11.3. The fourth-order valence-electron chi connectivity index (χ4n) is 4.60. The van der Waals surface area contributed by atoms with Gasteiger partial charge < -0.3 is 33.6 Å². The predicted octanol–water partition coefficient (Wildman–Crippen LogP) is 3.20. The van der Waals surface area contributed by atoms with E-state index in [0.29, 0.717) is 36.1 Å². The summed E-state index contributed by atoms with van der Waals surface area (Å²) in [5, 5.41) is 3.02. The second-order valence-corrected chi connectivity index (χ2v) is 8.41. The molecule has 1 aromatic heterocycles. The number of fused-ring (bicyclic) bond motifs is 1. The minimum absolute atomic E-state index is 0.153. The standard InChI is InChI=1S/C26H26N2O7/c1-31-17-6-7-18(23(11-17)32-2)19-13-28(26(30)22-4-3-9-33-22)14-20(19)25(29)27-12-16-5-8-21-24(10-16)35-15-34-21/h3-11,19-20H,12-15H2,1-2H3,(H,27,29)/t19-,20+/m0/s1. The summed E-state index contributed by atoms with van der Waals surface area (Å²) >= 11 is 0. The maximum Gasteiger partial charge on any atom is 0.289 e. The lowest BCUT2D eigenvalue weighted by molar-refractivity contribution is -0.125. The molecule has 1 fully saturated rings. The quantitative estimate of drug-likeness (QED) is 0.557. The van der Waals surface area contributed by atoms with Crippen molar-refractivity contribution in [3.05, 3.63) is 71.7 Å². The zero-order chi connectivity index (χ0) is 24.4. The van der Waals surface area contributed by atoms with Gasteiger partial charge in [-0.1, -0.05) is 12.1 Å². The van der Waals surface area contributed by atoms with Crippen LogP contribution in [-0.2, 0) is 11.3 Å². The van der Waals surface area contributed by atoms with Gasteiger partial charge in [0.05, 0.1) is 26.4 Å². The Morgan fingerprint density at radius 1 is 1.03 bits per heavy atom. The van der Waals surface area contributed by atoms with E-state index in [-0.39, 0.29) is 36.8 Å². The molecule has 2 aromatic carbocycles. The molecular formula is C26H26N2O7. The van der Waals surface area contributed by atoms with Crippen molar-refractivity contribution in [3.63, 3.8) is 0 Å². The third-order valence-corrected chi connectivity index (χ3v) is 6.42. The molecule has 182 valence electrons. The molecule has 2 amide bonds. The molecule has 1 saturated heterocycles. The van der Waals surface area contributed by atoms with E-state index in [9.17, 15) is 9.59 Å². The first kappa shape index (κ1) is 22.6. The lowest BCUT2D eigenvalue weighted by atomic mass is 9.87. The highest BCUT2D eigenvalue weighted by molar-refractivity contribution is 5.93. The van der Waals surface area contributed by atoms with Crippen LogP contribution in [0.4, 0.5) is 0 Å². The van der Waals surface area contributed by atoms with E-state index < -0.39 is 5.92 Å². The van der Waals surface area contributed by atoms with E-state index >= 15 is 0 Å². The summed E-state index contributed by atoms with van der Waals surface area (Å²) in [6.07, 6.45) is 1.46. The molecule has 3 heterocycles. The van der Waals surface area contributed by atoms with Crippen molar-refractivity contribution in [2.75, 3.05) is 34.1 Å². The Morgan fingerprint density at radius 2 is 1.89 bits per heavy atom. The number of furan rings is 1. The van der Waals surface area contributed by atoms with E-state index in [1.165, 1.54) is 6.26 Å². The molecule has 0 radical (unpaired) electrons. The zero-order valence-corrected chi connectivity index (χ0v) is 19.5. The molecule has 9 heteroatoms. The number of methoxy groups -OCH3 is 2. The van der Waals surface area contributed by atoms with Gasteiger partial charge in [0.15, 0.2) is 17.3 Å². The number of carbonyl (C=O) groups is 2. The van der Waals surface area contributed by atoms with Gasteiger partial charge in [-0.2, -0.15) is 0 Å². The fourth-order valence-corrected chi connectivity index (χ4v) is 4.60. The van der Waals surface area contributed by atoms with E-state index in [1.807, 2.05) is 30.3 Å². The number of likely N-dealkylation sites (tertiary alicyclic amines) is 1. The normalized spacial score (nSPS) is 18.4. The van der Waals surface area contributed by atoms with Crippen LogP contribution in [0.25, 0.3) is 0 Å². The fraction of sp³-hybridized carbons (Fsp3) is 0.308. The minimum Gasteiger partial charge on any atom is -0.497 e. The van der Waals surface area contributed by atoms with Crippen LogP contribution in [0.2, 0.25) is 0 Å². The third-order valence-electron chi connectivity index (χ3n) is 6.42. The lowest BCUT2D eigenvalue weighted by Gasteiger charge is -2.21. The molecule has 35 heavy (non-hydrogen) atoms. The van der Waals surface area contributed by atoms with Crippen LogP contribution in [0.15, 0.2) is 59.2 Å². The summed E-state index contributed by atoms with van der Waals surface area (Å²) in [4.78, 5) is 28.1. The highest BCUT2D eigenvalue weighted by atomic mass is 16.7. The van der Waals surface area contributed by atoms with Gasteiger partial charge in [0, 0.05) is 37.2 Å². The van der Waals surface area contributed by atoms with E-state index in [1.54, 1.807) is 37.3 Å². The number of hydrogen-bond acceptors (Lipinski definition) is 7. The molecule has 0 saturated carbocycles. The molecule has 9 nitrogen and oxygen atoms in total.